The van der Waals surface area contributed by atoms with Crippen LogP contribution in [0.25, 0.3) is 0 Å². The van der Waals surface area contributed by atoms with Crippen LogP contribution in [0.1, 0.15) is 21.5 Å². The van der Waals surface area contributed by atoms with Gasteiger partial charge >= 0.3 is 18.3 Å². The van der Waals surface area contributed by atoms with Gasteiger partial charge in [0.15, 0.2) is 0 Å². The van der Waals surface area contributed by atoms with E-state index in [0.717, 1.165) is 24.3 Å². The molecule has 0 aliphatic heterocycles. The topological polar surface area (TPSA) is 37.3 Å². The molecule has 0 fully saturated rings. The summed E-state index contributed by atoms with van der Waals surface area (Å²) in [5, 5.41) is 9.87. The van der Waals surface area contributed by atoms with Crippen LogP contribution in [0.2, 0.25) is 0 Å². The molecule has 2 nitrogen and oxygen atoms in total. The molecule has 30 heavy (non-hydrogen) atoms. The number of hydrogen-bond donors (Lipinski definition) is 1. The molecular formula is C21H13F6O2P. The Morgan fingerprint density at radius 1 is 0.667 bits per heavy atom. The lowest BCUT2D eigenvalue weighted by molar-refractivity contribution is -0.138. The Kier molecular flexibility index (Phi) is 5.90. The Hall–Kier alpha value is -2.86. The van der Waals surface area contributed by atoms with E-state index in [0.29, 0.717) is 5.30 Å². The summed E-state index contributed by atoms with van der Waals surface area (Å²) in [6.45, 7) is 0. The zero-order valence-corrected chi connectivity index (χ0v) is 15.9. The van der Waals surface area contributed by atoms with Crippen molar-refractivity contribution >= 4 is 29.8 Å². The summed E-state index contributed by atoms with van der Waals surface area (Å²) in [6.07, 6.45) is -9.26. The van der Waals surface area contributed by atoms with Crippen molar-refractivity contribution in [1.82, 2.24) is 0 Å². The Morgan fingerprint density at radius 3 is 1.47 bits per heavy atom. The highest BCUT2D eigenvalue weighted by atomic mass is 31.1. The van der Waals surface area contributed by atoms with Crippen molar-refractivity contribution in [3.63, 3.8) is 0 Å². The molecule has 1 N–H and O–H groups in total. The van der Waals surface area contributed by atoms with Crippen LogP contribution in [0, 0.1) is 0 Å². The molecule has 0 heterocycles. The van der Waals surface area contributed by atoms with Crippen LogP contribution >= 0.6 is 7.92 Å². The van der Waals surface area contributed by atoms with Gasteiger partial charge in [-0.1, -0.05) is 36.4 Å². The highest BCUT2D eigenvalue weighted by Crippen LogP contribution is 2.38. The van der Waals surface area contributed by atoms with Crippen molar-refractivity contribution in [3.05, 3.63) is 89.5 Å². The summed E-state index contributed by atoms with van der Waals surface area (Å²) in [4.78, 5) is 11.3. The SMILES string of the molecule is O=C(O)c1cccc(P(c2cccc(C(F)(F)F)c2)c2cccc(C(F)(F)F)c2)c1. The molecule has 0 atom stereocenters. The van der Waals surface area contributed by atoms with E-state index in [9.17, 15) is 36.2 Å². The van der Waals surface area contributed by atoms with Gasteiger partial charge in [-0.15, -0.1) is 0 Å². The molecule has 0 saturated heterocycles. The van der Waals surface area contributed by atoms with Crippen LogP contribution < -0.4 is 15.9 Å². The number of carboxylic acid groups (broad SMARTS) is 1. The molecule has 0 aliphatic rings. The fourth-order valence-electron chi connectivity index (χ4n) is 2.87. The van der Waals surface area contributed by atoms with Crippen molar-refractivity contribution in [2.75, 3.05) is 0 Å². The minimum atomic E-state index is -4.63. The van der Waals surface area contributed by atoms with Gasteiger partial charge in [-0.25, -0.2) is 4.79 Å². The number of rotatable bonds is 4. The Balaban J connectivity index is 2.23. The van der Waals surface area contributed by atoms with E-state index in [1.165, 1.54) is 48.5 Å². The van der Waals surface area contributed by atoms with Gasteiger partial charge in [-0.2, -0.15) is 26.3 Å². The lowest BCUT2D eigenvalue weighted by Gasteiger charge is -2.22. The van der Waals surface area contributed by atoms with Gasteiger partial charge in [-0.05, 0) is 60.2 Å². The summed E-state index contributed by atoms with van der Waals surface area (Å²) < 4.78 is 79.2. The predicted octanol–water partition coefficient (Wildman–Crippen LogP) is 5.18. The fraction of sp³-hybridized carbons (Fsp3) is 0.0952. The Labute approximate surface area is 168 Å². The summed E-state index contributed by atoms with van der Waals surface area (Å²) in [5.74, 6) is -1.25. The maximum absolute atomic E-state index is 13.2. The smallest absolute Gasteiger partial charge is 0.416 e. The molecule has 0 aliphatic carbocycles. The number of benzene rings is 3. The first-order valence-corrected chi connectivity index (χ1v) is 9.79. The monoisotopic (exact) mass is 442 g/mol. The molecule has 9 heteroatoms. The van der Waals surface area contributed by atoms with E-state index >= 15 is 0 Å². The lowest BCUT2D eigenvalue weighted by Crippen LogP contribution is -2.23. The van der Waals surface area contributed by atoms with E-state index in [4.69, 9.17) is 0 Å². The molecule has 0 amide bonds. The first-order valence-electron chi connectivity index (χ1n) is 8.45. The minimum absolute atomic E-state index is 0.112. The van der Waals surface area contributed by atoms with Gasteiger partial charge in [0.1, 0.15) is 0 Å². The normalized spacial score (nSPS) is 12.2. The summed E-state index contributed by atoms with van der Waals surface area (Å²) in [6, 6.07) is 14.2. The van der Waals surface area contributed by atoms with Crippen LogP contribution in [-0.2, 0) is 12.4 Å². The summed E-state index contributed by atoms with van der Waals surface area (Å²) >= 11 is 0. The molecule has 0 unspecified atom stereocenters. The average Bonchev–Trinajstić information content (AvgIpc) is 2.68. The lowest BCUT2D eigenvalue weighted by atomic mass is 10.2. The average molecular weight is 442 g/mol. The van der Waals surface area contributed by atoms with Crippen molar-refractivity contribution < 1.29 is 36.2 Å². The zero-order chi connectivity index (χ0) is 22.1. The second-order valence-corrected chi connectivity index (χ2v) is 8.51. The number of halogens is 6. The maximum atomic E-state index is 13.2. The summed E-state index contributed by atoms with van der Waals surface area (Å²) in [5.41, 5.74) is -1.98. The first-order chi connectivity index (χ1) is 14.0. The van der Waals surface area contributed by atoms with Crippen LogP contribution in [0.15, 0.2) is 72.8 Å². The van der Waals surface area contributed by atoms with E-state index < -0.39 is 37.4 Å². The molecule has 0 aromatic heterocycles. The molecular weight excluding hydrogens is 429 g/mol. The summed E-state index contributed by atoms with van der Waals surface area (Å²) in [7, 11) is -1.88. The van der Waals surface area contributed by atoms with Crippen LogP contribution in [0.5, 0.6) is 0 Å². The van der Waals surface area contributed by atoms with E-state index in [1.54, 1.807) is 0 Å². The second kappa shape index (κ2) is 8.11. The third-order valence-corrected chi connectivity index (χ3v) is 6.60. The highest BCUT2D eigenvalue weighted by Gasteiger charge is 2.33. The first kappa shape index (κ1) is 21.8. The van der Waals surface area contributed by atoms with Crippen molar-refractivity contribution in [2.24, 2.45) is 0 Å². The molecule has 0 spiro atoms. The zero-order valence-electron chi connectivity index (χ0n) is 15.0. The van der Waals surface area contributed by atoms with Gasteiger partial charge in [-0.3, -0.25) is 0 Å². The number of alkyl halides is 6. The van der Waals surface area contributed by atoms with Gasteiger partial charge in [0, 0.05) is 0 Å². The minimum Gasteiger partial charge on any atom is -0.478 e. The van der Waals surface area contributed by atoms with E-state index in [2.05, 4.69) is 0 Å². The fourth-order valence-corrected chi connectivity index (χ4v) is 5.27. The molecule has 3 aromatic carbocycles. The molecule has 0 saturated carbocycles. The standard InChI is InChI=1S/C21H13F6O2P/c22-20(23,24)14-5-2-8-17(11-14)30(16-7-1-4-13(10-16)19(28)29)18-9-3-6-15(12-18)21(25,26)27/h1-12H,(H,28,29). The number of hydrogen-bond acceptors (Lipinski definition) is 1. The van der Waals surface area contributed by atoms with Crippen molar-refractivity contribution in [3.8, 4) is 0 Å². The number of aromatic carboxylic acids is 1. The second-order valence-electron chi connectivity index (χ2n) is 6.29. The third kappa shape index (κ3) is 4.82. The van der Waals surface area contributed by atoms with Gasteiger partial charge in [0.25, 0.3) is 0 Å². The third-order valence-electron chi connectivity index (χ3n) is 4.21. The van der Waals surface area contributed by atoms with E-state index in [1.807, 2.05) is 0 Å². The molecule has 156 valence electrons. The van der Waals surface area contributed by atoms with Gasteiger partial charge in [0.05, 0.1) is 16.7 Å². The highest BCUT2D eigenvalue weighted by molar-refractivity contribution is 7.79. The maximum Gasteiger partial charge on any atom is 0.416 e. The number of carboxylic acids is 1. The molecule has 0 bridgehead atoms. The quantitative estimate of drug-likeness (QED) is 0.447. The van der Waals surface area contributed by atoms with Gasteiger partial charge < -0.3 is 5.11 Å². The Morgan fingerprint density at radius 2 is 1.07 bits per heavy atom. The van der Waals surface area contributed by atoms with Crippen molar-refractivity contribution in [2.45, 2.75) is 12.4 Å². The largest absolute Gasteiger partial charge is 0.478 e. The van der Waals surface area contributed by atoms with Crippen LogP contribution in [-0.4, -0.2) is 11.1 Å². The van der Waals surface area contributed by atoms with Crippen LogP contribution in [0.3, 0.4) is 0 Å². The van der Waals surface area contributed by atoms with Gasteiger partial charge in [0.2, 0.25) is 0 Å². The molecule has 3 aromatic rings. The Bertz CT molecular complexity index is 1020. The predicted molar refractivity (Wildman–Crippen MR) is 102 cm³/mol. The van der Waals surface area contributed by atoms with E-state index in [-0.39, 0.29) is 16.2 Å². The molecule has 3 rings (SSSR count). The molecule has 0 radical (unpaired) electrons. The number of carbonyl (C=O) groups is 1. The van der Waals surface area contributed by atoms with Crippen molar-refractivity contribution in [1.29, 1.82) is 0 Å². The van der Waals surface area contributed by atoms with Crippen LogP contribution in [0.4, 0.5) is 26.3 Å².